The lowest BCUT2D eigenvalue weighted by molar-refractivity contribution is -0.121. The summed E-state index contributed by atoms with van der Waals surface area (Å²) in [6.45, 7) is 0.888. The van der Waals surface area contributed by atoms with Gasteiger partial charge in [-0.15, -0.1) is 0 Å². The number of carbonyl (C=O) groups excluding carboxylic acids is 2. The third-order valence-electron chi connectivity index (χ3n) is 5.23. The third kappa shape index (κ3) is 7.36. The first-order valence-corrected chi connectivity index (χ1v) is 10.3. The van der Waals surface area contributed by atoms with Crippen molar-refractivity contribution in [2.75, 3.05) is 6.54 Å². The zero-order chi connectivity index (χ0) is 18.6. The summed E-state index contributed by atoms with van der Waals surface area (Å²) in [7, 11) is 0. The number of hydrogen-bond donors (Lipinski definition) is 2. The summed E-state index contributed by atoms with van der Waals surface area (Å²) in [6.07, 6.45) is 12.5. The van der Waals surface area contributed by atoms with E-state index in [9.17, 15) is 9.59 Å². The van der Waals surface area contributed by atoms with Crippen LogP contribution in [0.15, 0.2) is 24.3 Å². The molecule has 3 rings (SSSR count). The van der Waals surface area contributed by atoms with Crippen LogP contribution in [-0.2, 0) is 9.59 Å². The highest BCUT2D eigenvalue weighted by molar-refractivity contribution is 6.30. The monoisotopic (exact) mass is 378 g/mol. The maximum atomic E-state index is 10.9. The average molecular weight is 379 g/mol. The lowest BCUT2D eigenvalue weighted by Gasteiger charge is -2.23. The summed E-state index contributed by atoms with van der Waals surface area (Å²) in [4.78, 5) is 21.6. The summed E-state index contributed by atoms with van der Waals surface area (Å²) in [5.41, 5.74) is 1.12. The van der Waals surface area contributed by atoms with Crippen LogP contribution in [0.5, 0.6) is 0 Å². The van der Waals surface area contributed by atoms with Crippen LogP contribution in [0.25, 0.3) is 0 Å². The highest BCUT2D eigenvalue weighted by Gasteiger charge is 2.25. The van der Waals surface area contributed by atoms with Gasteiger partial charge in [-0.05, 0) is 49.3 Å². The minimum absolute atomic E-state index is 0.124. The number of rotatable bonds is 4. The molecule has 0 spiro atoms. The third-order valence-corrected chi connectivity index (χ3v) is 5.46. The number of benzene rings is 1. The first kappa shape index (κ1) is 20.8. The van der Waals surface area contributed by atoms with Gasteiger partial charge in [0.2, 0.25) is 12.3 Å². The molecule has 2 N–H and O–H groups in total. The van der Waals surface area contributed by atoms with E-state index in [-0.39, 0.29) is 11.9 Å². The van der Waals surface area contributed by atoms with Gasteiger partial charge < -0.3 is 10.6 Å². The van der Waals surface area contributed by atoms with Gasteiger partial charge in [0.15, 0.2) is 0 Å². The highest BCUT2D eigenvalue weighted by atomic mass is 35.5. The summed E-state index contributed by atoms with van der Waals surface area (Å²) in [5, 5.41) is 6.54. The zero-order valence-electron chi connectivity index (χ0n) is 15.5. The summed E-state index contributed by atoms with van der Waals surface area (Å²) in [6, 6.07) is 7.90. The van der Waals surface area contributed by atoms with Crippen molar-refractivity contribution in [3.8, 4) is 0 Å². The van der Waals surface area contributed by atoms with Crippen molar-refractivity contribution in [1.82, 2.24) is 10.6 Å². The molecule has 1 heterocycles. The summed E-state index contributed by atoms with van der Waals surface area (Å²) < 4.78 is 0. The highest BCUT2D eigenvalue weighted by Crippen LogP contribution is 2.36. The second kappa shape index (κ2) is 11.9. The Bertz CT molecular complexity index is 547. The molecule has 5 heteroatoms. The Morgan fingerprint density at radius 2 is 1.81 bits per heavy atom. The van der Waals surface area contributed by atoms with Crippen molar-refractivity contribution in [2.45, 2.75) is 70.3 Å². The van der Waals surface area contributed by atoms with Gasteiger partial charge in [0.1, 0.15) is 0 Å². The smallest absolute Gasteiger partial charge is 0.219 e. The van der Waals surface area contributed by atoms with E-state index in [1.165, 1.54) is 44.9 Å². The molecule has 1 aromatic carbocycles. The predicted octanol–water partition coefficient (Wildman–Crippen LogP) is 4.77. The van der Waals surface area contributed by atoms with Gasteiger partial charge in [0.05, 0.1) is 6.04 Å². The first-order valence-electron chi connectivity index (χ1n) is 9.92. The standard InChI is InChI=1S/C13H16ClNO.C8H15NO/c14-12-7-3-6-11(8-12)13(15-9-16)10-4-1-2-5-10;10-8-6-4-2-1-3-5-7-9-8/h3,6-10,13H,1-2,4-5H2,(H,15,16);1-7H2,(H,9,10). The quantitative estimate of drug-likeness (QED) is 0.741. The molecule has 1 aliphatic heterocycles. The molecule has 2 amide bonds. The van der Waals surface area contributed by atoms with Gasteiger partial charge >= 0.3 is 0 Å². The number of carbonyl (C=O) groups is 2. The molecule has 26 heavy (non-hydrogen) atoms. The van der Waals surface area contributed by atoms with Crippen LogP contribution >= 0.6 is 11.6 Å². The number of amides is 2. The molecule has 1 aliphatic carbocycles. The van der Waals surface area contributed by atoms with E-state index in [0.29, 0.717) is 5.92 Å². The fourth-order valence-electron chi connectivity index (χ4n) is 3.83. The fraction of sp³-hybridized carbons (Fsp3) is 0.619. The molecular formula is C21H31ClN2O2. The molecule has 0 aromatic heterocycles. The Balaban J connectivity index is 0.000000209. The molecule has 4 nitrogen and oxygen atoms in total. The van der Waals surface area contributed by atoms with Crippen molar-refractivity contribution >= 4 is 23.9 Å². The van der Waals surface area contributed by atoms with E-state index in [4.69, 9.17) is 11.6 Å². The predicted molar refractivity (Wildman–Crippen MR) is 106 cm³/mol. The summed E-state index contributed by atoms with van der Waals surface area (Å²) >= 11 is 5.98. The van der Waals surface area contributed by atoms with Crippen molar-refractivity contribution in [3.05, 3.63) is 34.9 Å². The van der Waals surface area contributed by atoms with Gasteiger partial charge in [-0.25, -0.2) is 0 Å². The fourth-order valence-corrected chi connectivity index (χ4v) is 4.02. The van der Waals surface area contributed by atoms with Gasteiger partial charge in [0, 0.05) is 18.0 Å². The summed E-state index contributed by atoms with van der Waals surface area (Å²) in [5.74, 6) is 0.797. The molecule has 0 bridgehead atoms. The van der Waals surface area contributed by atoms with Gasteiger partial charge in [-0.1, -0.05) is 55.8 Å². The second-order valence-electron chi connectivity index (χ2n) is 7.23. The first-order chi connectivity index (χ1) is 12.7. The van der Waals surface area contributed by atoms with Crippen LogP contribution < -0.4 is 10.6 Å². The zero-order valence-corrected chi connectivity index (χ0v) is 16.3. The van der Waals surface area contributed by atoms with Crippen LogP contribution in [0.3, 0.4) is 0 Å². The molecule has 2 fully saturated rings. The Kier molecular flexibility index (Phi) is 9.54. The maximum absolute atomic E-state index is 10.9. The van der Waals surface area contributed by atoms with Crippen LogP contribution in [0.4, 0.5) is 0 Å². The van der Waals surface area contributed by atoms with E-state index in [1.54, 1.807) is 0 Å². The van der Waals surface area contributed by atoms with E-state index < -0.39 is 0 Å². The number of nitrogens with one attached hydrogen (secondary N) is 2. The SMILES string of the molecule is O=C1CCCCCCCN1.O=CNC(c1cccc(Cl)c1)C1CCCC1. The van der Waals surface area contributed by atoms with Crippen molar-refractivity contribution in [3.63, 3.8) is 0 Å². The molecule has 1 saturated carbocycles. The Labute approximate surface area is 162 Å². The van der Waals surface area contributed by atoms with Crippen molar-refractivity contribution in [2.24, 2.45) is 5.92 Å². The lowest BCUT2D eigenvalue weighted by atomic mass is 9.92. The Hall–Kier alpha value is -1.55. The van der Waals surface area contributed by atoms with Gasteiger partial charge in [0.25, 0.3) is 0 Å². The van der Waals surface area contributed by atoms with Crippen LogP contribution in [0, 0.1) is 5.92 Å². The number of halogens is 1. The van der Waals surface area contributed by atoms with Crippen LogP contribution in [0.1, 0.15) is 75.8 Å². The normalized spacial score (nSPS) is 19.8. The molecule has 1 saturated heterocycles. The van der Waals surface area contributed by atoms with E-state index >= 15 is 0 Å². The molecule has 144 valence electrons. The molecular weight excluding hydrogens is 348 g/mol. The maximum Gasteiger partial charge on any atom is 0.219 e. The largest absolute Gasteiger partial charge is 0.356 e. The lowest BCUT2D eigenvalue weighted by Crippen LogP contribution is -2.25. The van der Waals surface area contributed by atoms with Gasteiger partial charge in [-0.3, -0.25) is 9.59 Å². The second-order valence-corrected chi connectivity index (χ2v) is 7.67. The molecule has 1 unspecified atom stereocenters. The van der Waals surface area contributed by atoms with Crippen molar-refractivity contribution in [1.29, 1.82) is 0 Å². The Morgan fingerprint density at radius 1 is 1.08 bits per heavy atom. The topological polar surface area (TPSA) is 58.2 Å². The van der Waals surface area contributed by atoms with Crippen molar-refractivity contribution < 1.29 is 9.59 Å². The molecule has 1 atom stereocenters. The van der Waals surface area contributed by atoms with E-state index in [0.717, 1.165) is 42.8 Å². The number of hydrogen-bond acceptors (Lipinski definition) is 2. The molecule has 2 aliphatic rings. The van der Waals surface area contributed by atoms with E-state index in [1.807, 2.05) is 24.3 Å². The van der Waals surface area contributed by atoms with Gasteiger partial charge in [-0.2, -0.15) is 0 Å². The van der Waals surface area contributed by atoms with Crippen LogP contribution in [0.2, 0.25) is 5.02 Å². The van der Waals surface area contributed by atoms with E-state index in [2.05, 4.69) is 10.6 Å². The average Bonchev–Trinajstić information content (AvgIpc) is 3.19. The minimum atomic E-state index is 0.124. The Morgan fingerprint density at radius 3 is 2.54 bits per heavy atom. The molecule has 1 aromatic rings. The van der Waals surface area contributed by atoms with Crippen LogP contribution in [-0.4, -0.2) is 18.9 Å². The molecule has 0 radical (unpaired) electrons. The minimum Gasteiger partial charge on any atom is -0.356 e.